The molecule has 1 unspecified atom stereocenters. The minimum Gasteiger partial charge on any atom is -0.387 e. The van der Waals surface area contributed by atoms with E-state index < -0.39 is 11.7 Å². The van der Waals surface area contributed by atoms with Crippen molar-refractivity contribution < 1.29 is 10.2 Å². The number of aliphatic hydroxyl groups excluding tert-OH is 1. The van der Waals surface area contributed by atoms with Crippen LogP contribution in [0.4, 0.5) is 0 Å². The number of rotatable bonds is 4. The van der Waals surface area contributed by atoms with Gasteiger partial charge in [-0.3, -0.25) is 4.68 Å². The highest BCUT2D eigenvalue weighted by Gasteiger charge is 2.36. The van der Waals surface area contributed by atoms with E-state index in [4.69, 9.17) is 11.6 Å². The molecule has 1 aromatic heterocycles. The largest absolute Gasteiger partial charge is 0.387 e. The number of hydrogen-bond donors (Lipinski definition) is 2. The number of aliphatic hydroxyl groups is 2. The third-order valence-electron chi connectivity index (χ3n) is 2.93. The quantitative estimate of drug-likeness (QED) is 0.830. The maximum absolute atomic E-state index is 10.2. The van der Waals surface area contributed by atoms with Crippen molar-refractivity contribution in [3.8, 4) is 0 Å². The van der Waals surface area contributed by atoms with Crippen LogP contribution >= 0.6 is 11.6 Å². The van der Waals surface area contributed by atoms with Crippen LogP contribution in [0.15, 0.2) is 6.20 Å². The monoisotopic (exact) mass is 232 g/mol. The molecule has 0 spiro atoms. The summed E-state index contributed by atoms with van der Waals surface area (Å²) >= 11 is 5.91. The molecular formula is C10H17ClN2O2. The summed E-state index contributed by atoms with van der Waals surface area (Å²) in [5, 5.41) is 24.6. The number of hydrogen-bond acceptors (Lipinski definition) is 3. The lowest BCUT2D eigenvalue weighted by Gasteiger charge is -2.31. The van der Waals surface area contributed by atoms with Gasteiger partial charge in [0.15, 0.2) is 0 Å². The second-order valence-electron chi connectivity index (χ2n) is 3.71. The van der Waals surface area contributed by atoms with Crippen molar-refractivity contribution in [3.05, 3.63) is 16.9 Å². The van der Waals surface area contributed by atoms with Gasteiger partial charge >= 0.3 is 0 Å². The van der Waals surface area contributed by atoms with Crippen molar-refractivity contribution in [2.45, 2.75) is 38.4 Å². The molecule has 2 N–H and O–H groups in total. The molecule has 0 fully saturated rings. The fourth-order valence-electron chi connectivity index (χ4n) is 1.62. The molecule has 1 heterocycles. The molecule has 1 rings (SSSR count). The summed E-state index contributed by atoms with van der Waals surface area (Å²) in [4.78, 5) is 0. The zero-order valence-electron chi connectivity index (χ0n) is 9.24. The molecule has 86 valence electrons. The Hall–Kier alpha value is -0.580. The molecule has 0 aliphatic carbocycles. The molecule has 0 radical (unpaired) electrons. The molecular weight excluding hydrogens is 216 g/mol. The molecule has 1 aromatic rings. The molecule has 0 saturated carbocycles. The summed E-state index contributed by atoms with van der Waals surface area (Å²) in [6.07, 6.45) is 1.39. The zero-order chi connectivity index (χ0) is 11.6. The molecule has 0 amide bonds. The topological polar surface area (TPSA) is 58.3 Å². The molecule has 1 atom stereocenters. The van der Waals surface area contributed by atoms with Gasteiger partial charge in [-0.2, -0.15) is 5.10 Å². The Morgan fingerprint density at radius 3 is 2.40 bits per heavy atom. The van der Waals surface area contributed by atoms with E-state index in [9.17, 15) is 10.2 Å². The summed E-state index contributed by atoms with van der Waals surface area (Å²) in [5.74, 6) is 0. The van der Waals surface area contributed by atoms with Crippen LogP contribution in [0, 0.1) is 0 Å². The molecule has 15 heavy (non-hydrogen) atoms. The summed E-state index contributed by atoms with van der Waals surface area (Å²) < 4.78 is 1.49. The van der Waals surface area contributed by atoms with Gasteiger partial charge in [0.1, 0.15) is 6.10 Å². The highest BCUT2D eigenvalue weighted by Crippen LogP contribution is 2.34. The summed E-state index contributed by atoms with van der Waals surface area (Å²) in [6, 6.07) is 0. The van der Waals surface area contributed by atoms with E-state index in [1.54, 1.807) is 7.05 Å². The van der Waals surface area contributed by atoms with Crippen molar-refractivity contribution in [1.29, 1.82) is 0 Å². The molecule has 0 bridgehead atoms. The second-order valence-corrected chi connectivity index (χ2v) is 4.12. The Morgan fingerprint density at radius 2 is 2.07 bits per heavy atom. The molecule has 0 aliphatic rings. The zero-order valence-corrected chi connectivity index (χ0v) is 9.99. The number of aromatic nitrogens is 2. The molecule has 4 nitrogen and oxygen atoms in total. The third-order valence-corrected chi connectivity index (χ3v) is 3.22. The van der Waals surface area contributed by atoms with Gasteiger partial charge in [-0.1, -0.05) is 25.4 Å². The van der Waals surface area contributed by atoms with Crippen LogP contribution < -0.4 is 0 Å². The van der Waals surface area contributed by atoms with E-state index >= 15 is 0 Å². The van der Waals surface area contributed by atoms with Crippen LogP contribution in [-0.4, -0.2) is 25.6 Å². The summed E-state index contributed by atoms with van der Waals surface area (Å²) in [5.41, 5.74) is -0.680. The van der Waals surface area contributed by atoms with Crippen LogP contribution in [0.1, 0.15) is 38.5 Å². The first-order chi connectivity index (χ1) is 6.96. The Balaban J connectivity index is 3.08. The van der Waals surface area contributed by atoms with Gasteiger partial charge in [0, 0.05) is 7.05 Å². The van der Waals surface area contributed by atoms with Gasteiger partial charge in [-0.15, -0.1) is 0 Å². The second kappa shape index (κ2) is 4.51. The van der Waals surface area contributed by atoms with Crippen LogP contribution in [-0.2, 0) is 7.05 Å². The summed E-state index contributed by atoms with van der Waals surface area (Å²) in [6.45, 7) is 3.66. The Morgan fingerprint density at radius 1 is 1.53 bits per heavy atom. The number of nitrogens with zero attached hydrogens (tertiary/aromatic N) is 2. The van der Waals surface area contributed by atoms with Gasteiger partial charge in [-0.25, -0.2) is 0 Å². The van der Waals surface area contributed by atoms with Crippen LogP contribution in [0.25, 0.3) is 0 Å². The van der Waals surface area contributed by atoms with Crippen molar-refractivity contribution in [2.24, 2.45) is 7.05 Å². The van der Waals surface area contributed by atoms with E-state index in [1.165, 1.54) is 10.9 Å². The highest BCUT2D eigenvalue weighted by atomic mass is 35.5. The van der Waals surface area contributed by atoms with Crippen molar-refractivity contribution in [1.82, 2.24) is 9.78 Å². The molecule has 0 aromatic carbocycles. The highest BCUT2D eigenvalue weighted by molar-refractivity contribution is 6.31. The standard InChI is InChI=1S/C10H17ClN2O2/c1-4-10(15,5-2)9(14)8-7(11)6-12-13(8)3/h6,9,14-15H,4-5H2,1-3H3. The normalized spacial score (nSPS) is 14.3. The van der Waals surface area contributed by atoms with E-state index in [2.05, 4.69) is 5.10 Å². The minimum atomic E-state index is -1.14. The fraction of sp³-hybridized carbons (Fsp3) is 0.700. The van der Waals surface area contributed by atoms with Crippen molar-refractivity contribution >= 4 is 11.6 Å². The van der Waals surface area contributed by atoms with Crippen LogP contribution in [0.3, 0.4) is 0 Å². The SMILES string of the molecule is CCC(O)(CC)C(O)c1c(Cl)cnn1C. The van der Waals surface area contributed by atoms with E-state index in [-0.39, 0.29) is 0 Å². The van der Waals surface area contributed by atoms with Crippen LogP contribution in [0.5, 0.6) is 0 Å². The molecule has 5 heteroatoms. The smallest absolute Gasteiger partial charge is 0.126 e. The van der Waals surface area contributed by atoms with Gasteiger partial charge in [0.05, 0.1) is 22.5 Å². The summed E-state index contributed by atoms with van der Waals surface area (Å²) in [7, 11) is 1.69. The fourth-order valence-corrected chi connectivity index (χ4v) is 1.89. The van der Waals surface area contributed by atoms with Gasteiger partial charge in [-0.05, 0) is 12.8 Å². The van der Waals surface area contributed by atoms with Crippen LogP contribution in [0.2, 0.25) is 5.02 Å². The van der Waals surface area contributed by atoms with Crippen molar-refractivity contribution in [2.75, 3.05) is 0 Å². The Bertz CT molecular complexity index is 315. The average Bonchev–Trinajstić information content (AvgIpc) is 2.56. The Labute approximate surface area is 94.5 Å². The van der Waals surface area contributed by atoms with Gasteiger partial charge in [0.25, 0.3) is 0 Å². The first-order valence-electron chi connectivity index (χ1n) is 5.04. The maximum Gasteiger partial charge on any atom is 0.126 e. The first-order valence-corrected chi connectivity index (χ1v) is 5.42. The lowest BCUT2D eigenvalue weighted by molar-refractivity contribution is -0.0852. The van der Waals surface area contributed by atoms with E-state index in [0.717, 1.165) is 0 Å². The van der Waals surface area contributed by atoms with Gasteiger partial charge < -0.3 is 10.2 Å². The average molecular weight is 233 g/mol. The molecule has 0 saturated heterocycles. The Kier molecular flexibility index (Phi) is 3.76. The predicted molar refractivity (Wildman–Crippen MR) is 58.7 cm³/mol. The predicted octanol–water partition coefficient (Wildman–Crippen LogP) is 1.66. The lowest BCUT2D eigenvalue weighted by atomic mass is 9.89. The number of aryl methyl sites for hydroxylation is 1. The van der Waals surface area contributed by atoms with Crippen molar-refractivity contribution in [3.63, 3.8) is 0 Å². The minimum absolute atomic E-state index is 0.380. The third kappa shape index (κ3) is 2.17. The first kappa shape index (κ1) is 12.5. The van der Waals surface area contributed by atoms with E-state index in [0.29, 0.717) is 23.6 Å². The van der Waals surface area contributed by atoms with Gasteiger partial charge in [0.2, 0.25) is 0 Å². The lowest BCUT2D eigenvalue weighted by Crippen LogP contribution is -2.36. The van der Waals surface area contributed by atoms with E-state index in [1.807, 2.05) is 13.8 Å². The maximum atomic E-state index is 10.2. The molecule has 0 aliphatic heterocycles. The number of halogens is 1.